The number of hydrogen-bond donors (Lipinski definition) is 1. The molecule has 136 valence electrons. The second-order valence-corrected chi connectivity index (χ2v) is 7.63. The Morgan fingerprint density at radius 1 is 0.963 bits per heavy atom. The number of benzene rings is 2. The highest BCUT2D eigenvalue weighted by Gasteiger charge is 2.11. The number of nitrogens with zero attached hydrogens (tertiary/aromatic N) is 2. The molecule has 0 unspecified atom stereocenters. The van der Waals surface area contributed by atoms with Crippen LogP contribution in [-0.2, 0) is 13.1 Å². The van der Waals surface area contributed by atoms with Crippen LogP contribution in [0.2, 0.25) is 0 Å². The molecule has 2 aromatic heterocycles. The molecule has 1 N–H and O–H groups in total. The summed E-state index contributed by atoms with van der Waals surface area (Å²) in [6.07, 6.45) is 0. The largest absolute Gasteiger partial charge is 0.309 e. The summed E-state index contributed by atoms with van der Waals surface area (Å²) < 4.78 is 0. The first-order valence-corrected chi connectivity index (χ1v) is 9.89. The number of thiophene rings is 1. The Hall–Kier alpha value is -2.76. The predicted octanol–water partition coefficient (Wildman–Crippen LogP) is 4.67. The Kier molecular flexibility index (Phi) is 5.14. The van der Waals surface area contributed by atoms with Crippen LogP contribution in [-0.4, -0.2) is 21.4 Å². The highest BCUT2D eigenvalue weighted by Crippen LogP contribution is 2.28. The van der Waals surface area contributed by atoms with Gasteiger partial charge in [0.2, 0.25) is 0 Å². The van der Waals surface area contributed by atoms with Gasteiger partial charge >= 0.3 is 0 Å². The molecule has 0 saturated heterocycles. The van der Waals surface area contributed by atoms with Crippen molar-refractivity contribution >= 4 is 22.2 Å². The predicted molar refractivity (Wildman–Crippen MR) is 112 cm³/mol. The van der Waals surface area contributed by atoms with Crippen molar-refractivity contribution in [3.63, 3.8) is 0 Å². The van der Waals surface area contributed by atoms with Crippen LogP contribution in [0, 0.1) is 0 Å². The maximum atomic E-state index is 12.3. The monoisotopic (exact) mass is 375 g/mol. The van der Waals surface area contributed by atoms with Gasteiger partial charge < -0.3 is 4.98 Å². The number of aromatic nitrogens is 2. The van der Waals surface area contributed by atoms with Crippen LogP contribution in [0.1, 0.15) is 17.6 Å². The van der Waals surface area contributed by atoms with E-state index in [1.54, 1.807) is 6.07 Å². The zero-order chi connectivity index (χ0) is 18.6. The molecule has 4 nitrogen and oxygen atoms in total. The summed E-state index contributed by atoms with van der Waals surface area (Å²) in [4.78, 5) is 24.7. The molecule has 0 aliphatic rings. The third-order valence-corrected chi connectivity index (χ3v) is 5.70. The summed E-state index contributed by atoms with van der Waals surface area (Å²) in [5, 5.41) is 0.634. The van der Waals surface area contributed by atoms with Gasteiger partial charge in [0.25, 0.3) is 5.56 Å². The van der Waals surface area contributed by atoms with Crippen molar-refractivity contribution < 1.29 is 0 Å². The van der Waals surface area contributed by atoms with Crippen LogP contribution in [0.25, 0.3) is 21.3 Å². The van der Waals surface area contributed by atoms with E-state index in [0.717, 1.165) is 18.6 Å². The van der Waals surface area contributed by atoms with E-state index in [1.807, 2.05) is 35.6 Å². The Bertz CT molecular complexity index is 1100. The normalized spacial score (nSPS) is 11.3. The average molecular weight is 375 g/mol. The molecular weight excluding hydrogens is 354 g/mol. The summed E-state index contributed by atoms with van der Waals surface area (Å²) in [5.74, 6) is 0.709. The van der Waals surface area contributed by atoms with Gasteiger partial charge in [-0.1, -0.05) is 49.4 Å². The van der Waals surface area contributed by atoms with E-state index >= 15 is 0 Å². The summed E-state index contributed by atoms with van der Waals surface area (Å²) in [6.45, 7) is 4.47. The topological polar surface area (TPSA) is 49.0 Å². The van der Waals surface area contributed by atoms with Gasteiger partial charge in [0.15, 0.2) is 0 Å². The molecule has 27 heavy (non-hydrogen) atoms. The van der Waals surface area contributed by atoms with Gasteiger partial charge in [-0.25, -0.2) is 4.98 Å². The molecule has 4 aromatic rings. The molecule has 0 fully saturated rings. The molecule has 4 rings (SSSR count). The lowest BCUT2D eigenvalue weighted by Crippen LogP contribution is -2.25. The van der Waals surface area contributed by atoms with E-state index in [0.29, 0.717) is 17.8 Å². The minimum Gasteiger partial charge on any atom is -0.309 e. The quantitative estimate of drug-likeness (QED) is 0.533. The van der Waals surface area contributed by atoms with Crippen LogP contribution in [0.15, 0.2) is 71.5 Å². The highest BCUT2D eigenvalue weighted by atomic mass is 32.1. The van der Waals surface area contributed by atoms with Crippen LogP contribution in [0.4, 0.5) is 0 Å². The van der Waals surface area contributed by atoms with E-state index in [-0.39, 0.29) is 5.56 Å². The Balaban J connectivity index is 1.52. The molecule has 0 aliphatic carbocycles. The number of rotatable bonds is 6. The van der Waals surface area contributed by atoms with Crippen molar-refractivity contribution in [1.29, 1.82) is 0 Å². The first-order valence-electron chi connectivity index (χ1n) is 9.07. The molecule has 0 aliphatic heterocycles. The Morgan fingerprint density at radius 3 is 2.56 bits per heavy atom. The molecule has 5 heteroatoms. The first-order chi connectivity index (χ1) is 13.2. The molecule has 0 bridgehead atoms. The van der Waals surface area contributed by atoms with Gasteiger partial charge in [-0.3, -0.25) is 9.69 Å². The second-order valence-electron chi connectivity index (χ2n) is 6.47. The van der Waals surface area contributed by atoms with Crippen LogP contribution < -0.4 is 5.56 Å². The molecule has 0 spiro atoms. The summed E-state index contributed by atoms with van der Waals surface area (Å²) in [7, 11) is 0. The number of para-hydroxylation sites is 1. The maximum Gasteiger partial charge on any atom is 0.258 e. The fourth-order valence-corrected chi connectivity index (χ4v) is 4.20. The molecule has 0 atom stereocenters. The summed E-state index contributed by atoms with van der Waals surface area (Å²) in [5.41, 5.74) is 1.92. The zero-order valence-corrected chi connectivity index (χ0v) is 16.0. The lowest BCUT2D eigenvalue weighted by molar-refractivity contribution is 0.267. The Morgan fingerprint density at radius 2 is 1.74 bits per heavy atom. The van der Waals surface area contributed by atoms with E-state index in [9.17, 15) is 4.79 Å². The van der Waals surface area contributed by atoms with E-state index < -0.39 is 0 Å². The molecule has 2 aromatic carbocycles. The van der Waals surface area contributed by atoms with Gasteiger partial charge in [0.05, 0.1) is 17.4 Å². The van der Waals surface area contributed by atoms with Crippen molar-refractivity contribution in [1.82, 2.24) is 14.9 Å². The van der Waals surface area contributed by atoms with Gasteiger partial charge in [-0.2, -0.15) is 0 Å². The number of nitrogens with one attached hydrogen (secondary N) is 1. The SMILES string of the molecule is CCN(Cc1nc2ccccc2c(=O)[nH]1)Cc1ccc(-c2ccccc2)s1. The number of aromatic amines is 1. The standard InChI is InChI=1S/C22H21N3OS/c1-2-25(14-17-12-13-20(27-17)16-8-4-3-5-9-16)15-21-23-19-11-7-6-10-18(19)22(26)24-21/h3-13H,2,14-15H2,1H3,(H,23,24,26). The maximum absolute atomic E-state index is 12.3. The van der Waals surface area contributed by atoms with Crippen molar-refractivity contribution in [2.45, 2.75) is 20.0 Å². The van der Waals surface area contributed by atoms with Crippen molar-refractivity contribution in [3.05, 3.63) is 87.8 Å². The lowest BCUT2D eigenvalue weighted by atomic mass is 10.2. The highest BCUT2D eigenvalue weighted by molar-refractivity contribution is 7.15. The van der Waals surface area contributed by atoms with Crippen molar-refractivity contribution in [2.75, 3.05) is 6.54 Å². The molecule has 0 amide bonds. The van der Waals surface area contributed by atoms with E-state index in [2.05, 4.69) is 58.2 Å². The molecular formula is C22H21N3OS. The number of H-pyrrole nitrogens is 1. The fourth-order valence-electron chi connectivity index (χ4n) is 3.14. The van der Waals surface area contributed by atoms with Gasteiger partial charge in [-0.05, 0) is 36.4 Å². The third-order valence-electron chi connectivity index (χ3n) is 4.58. The van der Waals surface area contributed by atoms with E-state index in [4.69, 9.17) is 0 Å². The zero-order valence-electron chi connectivity index (χ0n) is 15.2. The second kappa shape index (κ2) is 7.86. The van der Waals surface area contributed by atoms with Crippen LogP contribution in [0.5, 0.6) is 0 Å². The summed E-state index contributed by atoms with van der Waals surface area (Å²) >= 11 is 1.81. The Labute approximate surface area is 162 Å². The smallest absolute Gasteiger partial charge is 0.258 e. The minimum absolute atomic E-state index is 0.0749. The van der Waals surface area contributed by atoms with Crippen molar-refractivity contribution in [2.24, 2.45) is 0 Å². The average Bonchev–Trinajstić information content (AvgIpc) is 3.17. The van der Waals surface area contributed by atoms with Gasteiger partial charge in [-0.15, -0.1) is 11.3 Å². The van der Waals surface area contributed by atoms with Gasteiger partial charge in [0.1, 0.15) is 5.82 Å². The third kappa shape index (κ3) is 3.99. The fraction of sp³-hybridized carbons (Fsp3) is 0.182. The van der Waals surface area contributed by atoms with Crippen LogP contribution >= 0.6 is 11.3 Å². The first kappa shape index (κ1) is 17.6. The minimum atomic E-state index is -0.0749. The van der Waals surface area contributed by atoms with Crippen molar-refractivity contribution in [3.8, 4) is 10.4 Å². The molecule has 0 saturated carbocycles. The number of fused-ring (bicyclic) bond motifs is 1. The lowest BCUT2D eigenvalue weighted by Gasteiger charge is -2.19. The van der Waals surface area contributed by atoms with E-state index in [1.165, 1.54) is 15.3 Å². The van der Waals surface area contributed by atoms with Crippen LogP contribution in [0.3, 0.4) is 0 Å². The van der Waals surface area contributed by atoms with Gasteiger partial charge in [0, 0.05) is 16.3 Å². The molecule has 0 radical (unpaired) electrons. The summed E-state index contributed by atoms with van der Waals surface area (Å²) in [6, 6.07) is 22.3. The molecule has 2 heterocycles. The number of hydrogen-bond acceptors (Lipinski definition) is 4.